The van der Waals surface area contributed by atoms with Crippen molar-refractivity contribution in [1.29, 1.82) is 0 Å². The van der Waals surface area contributed by atoms with Crippen molar-refractivity contribution < 1.29 is 19.0 Å². The minimum absolute atomic E-state index is 0.0633. The van der Waals surface area contributed by atoms with Crippen LogP contribution >= 0.6 is 27.5 Å². The molecule has 2 atom stereocenters. The van der Waals surface area contributed by atoms with Gasteiger partial charge in [0.15, 0.2) is 0 Å². The molecule has 0 spiro atoms. The zero-order chi connectivity index (χ0) is 13.0. The molecule has 0 heterocycles. The van der Waals surface area contributed by atoms with Gasteiger partial charge in [0.1, 0.15) is 6.10 Å². The maximum atomic E-state index is 13.6. The quantitative estimate of drug-likeness (QED) is 0.866. The van der Waals surface area contributed by atoms with Crippen LogP contribution in [0.1, 0.15) is 18.6 Å². The number of ether oxygens (including phenoxy) is 1. The Labute approximate surface area is 112 Å². The number of aliphatic hydroxyl groups is 1. The predicted molar refractivity (Wildman–Crippen MR) is 65.6 cm³/mol. The normalized spacial score (nSPS) is 14.2. The van der Waals surface area contributed by atoms with Crippen LogP contribution in [0.3, 0.4) is 0 Å². The molecule has 0 saturated carbocycles. The van der Waals surface area contributed by atoms with Gasteiger partial charge in [-0.3, -0.25) is 0 Å². The fraction of sp³-hybridized carbons (Fsp3) is 0.364. The summed E-state index contributed by atoms with van der Waals surface area (Å²) in [5.74, 6) is -1.08. The highest BCUT2D eigenvalue weighted by atomic mass is 79.9. The summed E-state index contributed by atoms with van der Waals surface area (Å²) in [5.41, 5.74) is 0.245. The molecule has 0 aromatic heterocycles. The Morgan fingerprint density at radius 2 is 2.29 bits per heavy atom. The van der Waals surface area contributed by atoms with Crippen molar-refractivity contribution in [1.82, 2.24) is 0 Å². The minimum atomic E-state index is -2.12. The number of halogens is 3. The van der Waals surface area contributed by atoms with Gasteiger partial charge in [0.2, 0.25) is 6.17 Å². The summed E-state index contributed by atoms with van der Waals surface area (Å²) in [6, 6.07) is 4.46. The maximum Gasteiger partial charge on any atom is 0.343 e. The smallest absolute Gasteiger partial charge is 0.343 e. The Bertz CT molecular complexity index is 414. The third kappa shape index (κ3) is 3.66. The van der Waals surface area contributed by atoms with Crippen LogP contribution in [0.2, 0.25) is 5.02 Å². The Kier molecular flexibility index (Phi) is 5.36. The second-order valence-electron chi connectivity index (χ2n) is 3.26. The van der Waals surface area contributed by atoms with Gasteiger partial charge < -0.3 is 9.84 Å². The van der Waals surface area contributed by atoms with Crippen molar-refractivity contribution in [3.63, 3.8) is 0 Å². The van der Waals surface area contributed by atoms with Crippen LogP contribution in [0, 0.1) is 0 Å². The molecule has 0 aliphatic carbocycles. The van der Waals surface area contributed by atoms with E-state index >= 15 is 0 Å². The molecule has 3 nitrogen and oxygen atoms in total. The number of aliphatic hydroxyl groups excluding tert-OH is 1. The molecule has 0 fully saturated rings. The van der Waals surface area contributed by atoms with E-state index in [0.29, 0.717) is 9.50 Å². The molecule has 2 unspecified atom stereocenters. The fourth-order valence-corrected chi connectivity index (χ4v) is 2.17. The zero-order valence-corrected chi connectivity index (χ0v) is 11.3. The first-order valence-electron chi connectivity index (χ1n) is 4.91. The van der Waals surface area contributed by atoms with Gasteiger partial charge >= 0.3 is 5.97 Å². The Morgan fingerprint density at radius 3 is 2.82 bits per heavy atom. The number of alkyl halides is 1. The number of benzene rings is 1. The van der Waals surface area contributed by atoms with Crippen LogP contribution in [0.5, 0.6) is 0 Å². The molecule has 0 bridgehead atoms. The van der Waals surface area contributed by atoms with E-state index in [1.165, 1.54) is 18.2 Å². The molecule has 1 N–H and O–H groups in total. The van der Waals surface area contributed by atoms with Gasteiger partial charge in [-0.15, -0.1) is 0 Å². The topological polar surface area (TPSA) is 46.5 Å². The minimum Gasteiger partial charge on any atom is -0.464 e. The van der Waals surface area contributed by atoms with Gasteiger partial charge in [-0.1, -0.05) is 33.6 Å². The van der Waals surface area contributed by atoms with Crippen molar-refractivity contribution >= 4 is 33.5 Å². The fourth-order valence-electron chi connectivity index (χ4n) is 1.25. The van der Waals surface area contributed by atoms with Crippen molar-refractivity contribution in [3.05, 3.63) is 33.3 Å². The largest absolute Gasteiger partial charge is 0.464 e. The maximum absolute atomic E-state index is 13.6. The third-order valence-electron chi connectivity index (χ3n) is 2.07. The molecule has 1 aromatic carbocycles. The highest BCUT2D eigenvalue weighted by molar-refractivity contribution is 9.10. The Morgan fingerprint density at radius 1 is 1.65 bits per heavy atom. The first-order valence-corrected chi connectivity index (χ1v) is 6.08. The Balaban J connectivity index is 2.88. The van der Waals surface area contributed by atoms with Crippen LogP contribution in [-0.4, -0.2) is 23.9 Å². The number of hydrogen-bond acceptors (Lipinski definition) is 3. The van der Waals surface area contributed by atoms with Crippen molar-refractivity contribution in [3.8, 4) is 0 Å². The lowest BCUT2D eigenvalue weighted by Crippen LogP contribution is -2.26. The second kappa shape index (κ2) is 6.33. The van der Waals surface area contributed by atoms with E-state index in [0.717, 1.165) is 0 Å². The summed E-state index contributed by atoms with van der Waals surface area (Å²) in [4.78, 5) is 11.1. The first kappa shape index (κ1) is 14.4. The molecule has 1 rings (SSSR count). The number of hydrogen-bond donors (Lipinski definition) is 1. The zero-order valence-electron chi connectivity index (χ0n) is 8.99. The first-order chi connectivity index (χ1) is 7.97. The molecule has 0 saturated heterocycles. The van der Waals surface area contributed by atoms with E-state index in [-0.39, 0.29) is 12.2 Å². The highest BCUT2D eigenvalue weighted by Crippen LogP contribution is 2.29. The Hall–Kier alpha value is -0.650. The summed E-state index contributed by atoms with van der Waals surface area (Å²) in [5, 5.41) is 10.2. The van der Waals surface area contributed by atoms with E-state index in [1.54, 1.807) is 6.92 Å². The van der Waals surface area contributed by atoms with Gasteiger partial charge in [-0.05, 0) is 24.6 Å². The van der Waals surface area contributed by atoms with Crippen molar-refractivity contribution in [2.24, 2.45) is 0 Å². The van der Waals surface area contributed by atoms with Crippen LogP contribution < -0.4 is 0 Å². The van der Waals surface area contributed by atoms with Crippen LogP contribution in [0.15, 0.2) is 22.7 Å². The molecule has 6 heteroatoms. The van der Waals surface area contributed by atoms with Crippen molar-refractivity contribution in [2.45, 2.75) is 19.2 Å². The van der Waals surface area contributed by atoms with Gasteiger partial charge in [0.25, 0.3) is 0 Å². The number of esters is 1. The molecule has 94 valence electrons. The molecule has 0 radical (unpaired) electrons. The predicted octanol–water partition coefficient (Wildman–Crippen LogP) is 3.04. The highest BCUT2D eigenvalue weighted by Gasteiger charge is 2.30. The van der Waals surface area contributed by atoms with Gasteiger partial charge in [0, 0.05) is 9.50 Å². The van der Waals surface area contributed by atoms with Gasteiger partial charge in [-0.25, -0.2) is 9.18 Å². The van der Waals surface area contributed by atoms with Crippen LogP contribution in [0.25, 0.3) is 0 Å². The van der Waals surface area contributed by atoms with E-state index < -0.39 is 18.2 Å². The van der Waals surface area contributed by atoms with E-state index in [1.807, 2.05) is 0 Å². The average molecular weight is 326 g/mol. The number of carbonyl (C=O) groups is 1. The number of carbonyl (C=O) groups excluding carboxylic acids is 1. The van der Waals surface area contributed by atoms with Crippen LogP contribution in [0.4, 0.5) is 4.39 Å². The van der Waals surface area contributed by atoms with Gasteiger partial charge in [-0.2, -0.15) is 0 Å². The number of rotatable bonds is 4. The SMILES string of the molecule is CCOC(=O)C(F)C(O)c1ccc(Cl)cc1Br. The second-order valence-corrected chi connectivity index (χ2v) is 4.56. The average Bonchev–Trinajstić information content (AvgIpc) is 2.27. The van der Waals surface area contributed by atoms with E-state index in [2.05, 4.69) is 20.7 Å². The molecular weight excluding hydrogens is 314 g/mol. The molecule has 17 heavy (non-hydrogen) atoms. The summed E-state index contributed by atoms with van der Waals surface area (Å²) >= 11 is 8.86. The van der Waals surface area contributed by atoms with E-state index in [9.17, 15) is 14.3 Å². The summed E-state index contributed by atoms with van der Waals surface area (Å²) in [7, 11) is 0. The lowest BCUT2D eigenvalue weighted by molar-refractivity contribution is -0.153. The summed E-state index contributed by atoms with van der Waals surface area (Å²) in [6.45, 7) is 1.63. The molecule has 0 amide bonds. The molecule has 0 aliphatic heterocycles. The lowest BCUT2D eigenvalue weighted by Gasteiger charge is -2.16. The molecule has 1 aromatic rings. The third-order valence-corrected chi connectivity index (χ3v) is 2.99. The lowest BCUT2D eigenvalue weighted by atomic mass is 10.1. The molecule has 0 aliphatic rings. The van der Waals surface area contributed by atoms with Crippen molar-refractivity contribution in [2.75, 3.05) is 6.61 Å². The molecular formula is C11H11BrClFO3. The van der Waals surface area contributed by atoms with Crippen LogP contribution in [-0.2, 0) is 9.53 Å². The summed E-state index contributed by atoms with van der Waals surface area (Å²) in [6.07, 6.45) is -3.70. The van der Waals surface area contributed by atoms with Gasteiger partial charge in [0.05, 0.1) is 6.61 Å². The van der Waals surface area contributed by atoms with E-state index in [4.69, 9.17) is 11.6 Å². The monoisotopic (exact) mass is 324 g/mol. The summed E-state index contributed by atoms with van der Waals surface area (Å²) < 4.78 is 18.5. The standard InChI is InChI=1S/C11H11BrClFO3/c1-2-17-11(16)9(14)10(15)7-4-3-6(13)5-8(7)12/h3-5,9-10,15H,2H2,1H3.